The SMILES string of the molecule is C=C1c2c(Cl)ccc(O)c2C(O)=C2C(=O)[C@]3(O)C(O)=C(C(N)=O)C(=O)[C@H](N(C)C)[C@@H]3[C@@H](O)[C@H]12. The molecule has 1 saturated carbocycles. The maximum absolute atomic E-state index is 13.7. The minimum atomic E-state index is -2.97. The predicted octanol–water partition coefficient (Wildman–Crippen LogP) is 0.0589. The number of fused-ring (bicyclic) bond motifs is 3. The Morgan fingerprint density at radius 3 is 2.33 bits per heavy atom. The number of aromatic hydroxyl groups is 1. The second-order valence-corrected chi connectivity index (χ2v) is 8.96. The average molecular weight is 477 g/mol. The van der Waals surface area contributed by atoms with E-state index in [0.717, 1.165) is 0 Å². The van der Waals surface area contributed by atoms with Gasteiger partial charge in [-0.2, -0.15) is 0 Å². The van der Waals surface area contributed by atoms with Crippen LogP contribution in [0.5, 0.6) is 5.75 Å². The zero-order chi connectivity index (χ0) is 24.7. The molecule has 1 aromatic rings. The topological polar surface area (TPSA) is 182 Å². The molecular formula is C22H21ClN2O8. The van der Waals surface area contributed by atoms with E-state index < -0.39 is 75.5 Å². The number of nitrogens with two attached hydrogens (primary N) is 1. The number of nitrogens with zero attached hydrogens (tertiary/aromatic N) is 1. The highest BCUT2D eigenvalue weighted by Crippen LogP contribution is 2.56. The maximum Gasteiger partial charge on any atom is 0.255 e. The first-order valence-electron chi connectivity index (χ1n) is 9.81. The summed E-state index contributed by atoms with van der Waals surface area (Å²) in [6.45, 7) is 3.89. The van der Waals surface area contributed by atoms with Gasteiger partial charge in [-0.05, 0) is 31.8 Å². The molecule has 33 heavy (non-hydrogen) atoms. The molecule has 174 valence electrons. The zero-order valence-electron chi connectivity index (χ0n) is 17.5. The molecule has 4 rings (SSSR count). The van der Waals surface area contributed by atoms with Crippen LogP contribution in [0, 0.1) is 11.8 Å². The van der Waals surface area contributed by atoms with Crippen molar-refractivity contribution in [1.82, 2.24) is 4.90 Å². The Kier molecular flexibility index (Phi) is 4.99. The van der Waals surface area contributed by atoms with Gasteiger partial charge in [0.15, 0.2) is 11.4 Å². The van der Waals surface area contributed by atoms with E-state index >= 15 is 0 Å². The van der Waals surface area contributed by atoms with E-state index in [2.05, 4.69) is 6.58 Å². The van der Waals surface area contributed by atoms with E-state index in [0.29, 0.717) is 0 Å². The van der Waals surface area contributed by atoms with Gasteiger partial charge in [0.1, 0.15) is 22.8 Å². The van der Waals surface area contributed by atoms with Gasteiger partial charge in [-0.25, -0.2) is 0 Å². The maximum atomic E-state index is 13.7. The third-order valence-corrected chi connectivity index (χ3v) is 6.99. The lowest BCUT2D eigenvalue weighted by atomic mass is 9.55. The Morgan fingerprint density at radius 2 is 1.79 bits per heavy atom. The molecule has 0 spiro atoms. The van der Waals surface area contributed by atoms with E-state index in [1.807, 2.05) is 0 Å². The van der Waals surface area contributed by atoms with Crippen molar-refractivity contribution in [2.24, 2.45) is 17.6 Å². The lowest BCUT2D eigenvalue weighted by molar-refractivity contribution is -0.166. The van der Waals surface area contributed by atoms with E-state index in [9.17, 15) is 39.9 Å². The Morgan fingerprint density at radius 1 is 1.18 bits per heavy atom. The number of benzene rings is 1. The molecule has 0 aliphatic heterocycles. The molecular weight excluding hydrogens is 456 g/mol. The molecule has 0 saturated heterocycles. The molecule has 1 amide bonds. The van der Waals surface area contributed by atoms with E-state index in [-0.39, 0.29) is 21.7 Å². The summed E-state index contributed by atoms with van der Waals surface area (Å²) >= 11 is 6.25. The van der Waals surface area contributed by atoms with Crippen molar-refractivity contribution < 1.29 is 39.9 Å². The van der Waals surface area contributed by atoms with Crippen LogP contribution in [0.4, 0.5) is 0 Å². The molecule has 1 fully saturated rings. The molecule has 0 aromatic heterocycles. The number of phenols is 1. The van der Waals surface area contributed by atoms with E-state index in [4.69, 9.17) is 17.3 Å². The summed E-state index contributed by atoms with van der Waals surface area (Å²) in [5.41, 5.74) is 0.634. The highest BCUT2D eigenvalue weighted by molar-refractivity contribution is 6.33. The minimum Gasteiger partial charge on any atom is -0.508 e. The number of carbonyl (C=O) groups excluding carboxylic acids is 3. The highest BCUT2D eigenvalue weighted by Gasteiger charge is 2.68. The first-order valence-corrected chi connectivity index (χ1v) is 10.2. The summed E-state index contributed by atoms with van der Waals surface area (Å²) in [5, 5.41) is 55.0. The van der Waals surface area contributed by atoms with Crippen LogP contribution in [0.25, 0.3) is 11.3 Å². The predicted molar refractivity (Wildman–Crippen MR) is 116 cm³/mol. The van der Waals surface area contributed by atoms with Gasteiger partial charge in [-0.15, -0.1) is 0 Å². The molecule has 5 atom stereocenters. The largest absolute Gasteiger partial charge is 0.508 e. The number of carbonyl (C=O) groups is 3. The van der Waals surface area contributed by atoms with Crippen molar-refractivity contribution >= 4 is 40.4 Å². The van der Waals surface area contributed by atoms with Crippen LogP contribution in [0.15, 0.2) is 35.6 Å². The Labute approximate surface area is 192 Å². The van der Waals surface area contributed by atoms with Gasteiger partial charge >= 0.3 is 0 Å². The van der Waals surface area contributed by atoms with Crippen LogP contribution >= 0.6 is 11.6 Å². The fourth-order valence-electron chi connectivity index (χ4n) is 5.26. The van der Waals surface area contributed by atoms with Crippen molar-refractivity contribution in [3.8, 4) is 5.75 Å². The summed E-state index contributed by atoms with van der Waals surface area (Å²) in [6.07, 6.45) is -1.75. The Hall–Kier alpha value is -3.18. The summed E-state index contributed by atoms with van der Waals surface area (Å²) in [6, 6.07) is 1.08. The lowest BCUT2D eigenvalue weighted by Gasteiger charge is -2.52. The number of halogens is 1. The molecule has 0 radical (unpaired) electrons. The van der Waals surface area contributed by atoms with Crippen molar-refractivity contribution in [2.75, 3.05) is 14.1 Å². The molecule has 3 aliphatic carbocycles. The fraction of sp³-hybridized carbons (Fsp3) is 0.318. The quantitative estimate of drug-likeness (QED) is 0.321. The van der Waals surface area contributed by atoms with Crippen LogP contribution in [-0.4, -0.2) is 79.7 Å². The molecule has 7 N–H and O–H groups in total. The second kappa shape index (κ2) is 7.16. The third-order valence-electron chi connectivity index (χ3n) is 6.67. The van der Waals surface area contributed by atoms with Crippen LogP contribution < -0.4 is 5.73 Å². The number of phenolic OH excluding ortho intramolecular Hbond substituents is 1. The number of hydrogen-bond donors (Lipinski definition) is 6. The van der Waals surface area contributed by atoms with E-state index in [1.165, 1.54) is 31.1 Å². The molecule has 0 heterocycles. The van der Waals surface area contributed by atoms with Crippen LogP contribution in [0.3, 0.4) is 0 Å². The van der Waals surface area contributed by atoms with Gasteiger partial charge < -0.3 is 31.3 Å². The standard InChI is InChI=1S/C22H21ClN2O8/c1-6-9-7(23)4-5-8(26)11(9)16(27)12-10(6)17(28)14-15(25(2)3)18(29)13(21(24)32)20(31)22(14,33)19(12)30/h4-5,10,14-15,17,26-28,31,33H,1H2,2-3H3,(H2,24,32)/t10-,14-,15-,17+,22+/m1/s1. The summed E-state index contributed by atoms with van der Waals surface area (Å²) < 4.78 is 0. The molecule has 1 aromatic carbocycles. The van der Waals surface area contributed by atoms with Gasteiger partial charge in [-0.3, -0.25) is 19.3 Å². The minimum absolute atomic E-state index is 0.0516. The summed E-state index contributed by atoms with van der Waals surface area (Å²) in [4.78, 5) is 39.9. The van der Waals surface area contributed by atoms with Crippen molar-refractivity contribution in [3.05, 3.63) is 51.8 Å². The molecule has 0 bridgehead atoms. The van der Waals surface area contributed by atoms with Gasteiger partial charge in [0, 0.05) is 16.5 Å². The molecule has 3 aliphatic rings. The Balaban J connectivity index is 2.10. The van der Waals surface area contributed by atoms with Gasteiger partial charge in [0.25, 0.3) is 5.91 Å². The second-order valence-electron chi connectivity index (χ2n) is 8.55. The number of ketones is 2. The first-order chi connectivity index (χ1) is 15.3. The summed E-state index contributed by atoms with van der Waals surface area (Å²) in [5.74, 6) is -9.18. The van der Waals surface area contributed by atoms with Gasteiger partial charge in [0.2, 0.25) is 5.78 Å². The van der Waals surface area contributed by atoms with Crippen molar-refractivity contribution in [2.45, 2.75) is 17.7 Å². The van der Waals surface area contributed by atoms with Crippen molar-refractivity contribution in [1.29, 1.82) is 0 Å². The smallest absolute Gasteiger partial charge is 0.255 e. The third kappa shape index (κ3) is 2.69. The molecule has 11 heteroatoms. The number of Topliss-reactive ketones (excluding diaryl/α,β-unsaturated/α-hetero) is 2. The lowest BCUT2D eigenvalue weighted by Crippen LogP contribution is -2.70. The number of amides is 1. The van der Waals surface area contributed by atoms with Gasteiger partial charge in [0.05, 0.1) is 29.2 Å². The number of hydrogen-bond acceptors (Lipinski definition) is 9. The number of aliphatic hydroxyl groups excluding tert-OH is 3. The average Bonchev–Trinajstić information content (AvgIpc) is 2.72. The van der Waals surface area contributed by atoms with Gasteiger partial charge in [-0.1, -0.05) is 18.2 Å². The zero-order valence-corrected chi connectivity index (χ0v) is 18.3. The molecule has 0 unspecified atom stereocenters. The summed E-state index contributed by atoms with van der Waals surface area (Å²) in [7, 11) is 2.84. The monoisotopic (exact) mass is 476 g/mol. The Bertz CT molecular complexity index is 1230. The van der Waals surface area contributed by atoms with Crippen molar-refractivity contribution in [3.63, 3.8) is 0 Å². The van der Waals surface area contributed by atoms with Crippen LogP contribution in [0.2, 0.25) is 5.02 Å². The fourth-order valence-corrected chi connectivity index (χ4v) is 5.54. The molecule has 10 nitrogen and oxygen atoms in total. The van der Waals surface area contributed by atoms with Crippen LogP contribution in [0.1, 0.15) is 11.1 Å². The first kappa shape index (κ1) is 23.0. The number of likely N-dealkylation sites (N-methyl/N-ethyl adjacent to an activating group) is 1. The number of primary amides is 1. The number of rotatable bonds is 2. The highest BCUT2D eigenvalue weighted by atomic mass is 35.5. The van der Waals surface area contributed by atoms with Crippen LogP contribution in [-0.2, 0) is 14.4 Å². The van der Waals surface area contributed by atoms with E-state index in [1.54, 1.807) is 0 Å². The number of aliphatic hydroxyl groups is 4. The normalized spacial score (nSPS) is 31.5.